The standard InChI is InChI=1S/C24H37N7O3/c1-7-15(2)30(23(33)34)18-9-8-16(10-18)19-12-21(31(29-19)24(3,4)5)28-20-14-26-17(13-27-20)11-22(32)25-6/h12-16,18H,7-11H2,1-6H3,(H,25,32)(H,27,28)(H,33,34)/t15-,16-,18+/m0/s1/i6D. The zero-order valence-corrected chi connectivity index (χ0v) is 20.7. The average molecular weight is 473 g/mol. The molecule has 3 atom stereocenters. The summed E-state index contributed by atoms with van der Waals surface area (Å²) < 4.78 is 8.98. The second kappa shape index (κ2) is 10.4. The fourth-order valence-corrected chi connectivity index (χ4v) is 4.45. The van der Waals surface area contributed by atoms with E-state index in [4.69, 9.17) is 6.47 Å². The van der Waals surface area contributed by atoms with E-state index in [1.165, 1.54) is 0 Å². The van der Waals surface area contributed by atoms with Crippen LogP contribution in [0.3, 0.4) is 0 Å². The zero-order chi connectivity index (χ0) is 25.8. The summed E-state index contributed by atoms with van der Waals surface area (Å²) in [6.07, 6.45) is 5.59. The number of rotatable bonds is 8. The van der Waals surface area contributed by atoms with Crippen LogP contribution < -0.4 is 10.6 Å². The van der Waals surface area contributed by atoms with Gasteiger partial charge in [0.1, 0.15) is 11.6 Å². The molecule has 1 aliphatic carbocycles. The van der Waals surface area contributed by atoms with Gasteiger partial charge in [-0.25, -0.2) is 14.5 Å². The predicted octanol–water partition coefficient (Wildman–Crippen LogP) is 3.87. The molecule has 0 spiro atoms. The van der Waals surface area contributed by atoms with Crippen molar-refractivity contribution in [2.24, 2.45) is 0 Å². The van der Waals surface area contributed by atoms with Gasteiger partial charge in [-0.15, -0.1) is 0 Å². The van der Waals surface area contributed by atoms with E-state index < -0.39 is 6.09 Å². The third-order valence-electron chi connectivity index (χ3n) is 6.37. The Morgan fingerprint density at radius 3 is 2.68 bits per heavy atom. The van der Waals surface area contributed by atoms with E-state index in [1.54, 1.807) is 17.3 Å². The minimum absolute atomic E-state index is 0.00527. The van der Waals surface area contributed by atoms with Crippen LogP contribution >= 0.6 is 0 Å². The first kappa shape index (κ1) is 24.0. The second-order valence-corrected chi connectivity index (χ2v) is 9.94. The fraction of sp³-hybridized carbons (Fsp3) is 0.625. The van der Waals surface area contributed by atoms with Crippen LogP contribution in [-0.2, 0) is 16.8 Å². The Morgan fingerprint density at radius 1 is 1.32 bits per heavy atom. The number of aromatic nitrogens is 4. The minimum atomic E-state index is -0.855. The Balaban J connectivity index is 1.77. The molecular weight excluding hydrogens is 434 g/mol. The Morgan fingerprint density at radius 2 is 2.09 bits per heavy atom. The van der Waals surface area contributed by atoms with Crippen LogP contribution in [-0.4, -0.2) is 60.9 Å². The monoisotopic (exact) mass is 472 g/mol. The molecule has 10 heteroatoms. The van der Waals surface area contributed by atoms with Crippen LogP contribution in [0.4, 0.5) is 16.4 Å². The Hall–Kier alpha value is -3.17. The quantitative estimate of drug-likeness (QED) is 0.532. The molecule has 186 valence electrons. The van der Waals surface area contributed by atoms with E-state index in [1.807, 2.05) is 24.6 Å². The first-order chi connectivity index (χ1) is 16.5. The third kappa shape index (κ3) is 5.84. The van der Waals surface area contributed by atoms with E-state index in [2.05, 4.69) is 41.4 Å². The lowest BCUT2D eigenvalue weighted by molar-refractivity contribution is -0.120. The molecule has 0 unspecified atom stereocenters. The van der Waals surface area contributed by atoms with Crippen LogP contribution in [0.2, 0.25) is 0 Å². The lowest BCUT2D eigenvalue weighted by Crippen LogP contribution is -2.44. The second-order valence-electron chi connectivity index (χ2n) is 9.94. The molecule has 1 aliphatic rings. The third-order valence-corrected chi connectivity index (χ3v) is 6.37. The molecule has 1 saturated carbocycles. The van der Waals surface area contributed by atoms with E-state index in [-0.39, 0.29) is 42.9 Å². The van der Waals surface area contributed by atoms with Crippen LogP contribution in [0.5, 0.6) is 0 Å². The number of hydrogen-bond donors (Lipinski definition) is 3. The molecule has 2 heterocycles. The SMILES string of the molecule is [2H]CNC(=O)Cc1cnc(Nc2cc([C@H]3CC[C@@H](N(C(=O)O)[C@@H](C)CC)C3)nn2C(C)(C)C)cn1. The number of nitrogens with zero attached hydrogens (tertiary/aromatic N) is 5. The van der Waals surface area contributed by atoms with Crippen LogP contribution in [0.15, 0.2) is 18.5 Å². The van der Waals surface area contributed by atoms with Crippen molar-refractivity contribution >= 4 is 23.6 Å². The fourth-order valence-electron chi connectivity index (χ4n) is 4.45. The number of carboxylic acid groups (broad SMARTS) is 1. The van der Waals surface area contributed by atoms with Gasteiger partial charge in [-0.05, 0) is 53.4 Å². The highest BCUT2D eigenvalue weighted by Gasteiger charge is 2.36. The van der Waals surface area contributed by atoms with Crippen molar-refractivity contribution in [2.75, 3.05) is 12.3 Å². The molecule has 10 nitrogen and oxygen atoms in total. The number of carbonyl (C=O) groups excluding carboxylic acids is 1. The maximum absolute atomic E-state index is 11.9. The smallest absolute Gasteiger partial charge is 0.407 e. The Labute approximate surface area is 202 Å². The van der Waals surface area contributed by atoms with Crippen molar-refractivity contribution in [3.63, 3.8) is 0 Å². The van der Waals surface area contributed by atoms with Gasteiger partial charge in [-0.2, -0.15) is 5.10 Å². The molecule has 3 N–H and O–H groups in total. The van der Waals surface area contributed by atoms with E-state index in [9.17, 15) is 14.7 Å². The van der Waals surface area contributed by atoms with Gasteiger partial charge in [0.2, 0.25) is 5.91 Å². The summed E-state index contributed by atoms with van der Waals surface area (Å²) in [6, 6.07) is 2.00. The van der Waals surface area contributed by atoms with Crippen molar-refractivity contribution in [1.82, 2.24) is 30.0 Å². The molecular formula is C24H37N7O3. The summed E-state index contributed by atoms with van der Waals surface area (Å²) in [6.45, 7) is 10.2. The normalized spacial score (nSPS) is 19.4. The molecule has 0 saturated heterocycles. The molecule has 0 radical (unpaired) electrons. The molecule has 2 aromatic rings. The number of carbonyl (C=O) groups is 2. The first-order valence-corrected chi connectivity index (χ1v) is 11.8. The minimum Gasteiger partial charge on any atom is -0.465 e. The Kier molecular flexibility index (Phi) is 7.33. The van der Waals surface area contributed by atoms with E-state index in [0.717, 1.165) is 37.2 Å². The topological polar surface area (TPSA) is 125 Å². The summed E-state index contributed by atoms with van der Waals surface area (Å²) >= 11 is 0. The van der Waals surface area contributed by atoms with Crippen molar-refractivity contribution in [3.8, 4) is 0 Å². The van der Waals surface area contributed by atoms with Crippen LogP contribution in [0.25, 0.3) is 0 Å². The molecule has 3 rings (SSSR count). The zero-order valence-electron chi connectivity index (χ0n) is 21.7. The largest absolute Gasteiger partial charge is 0.465 e. The number of amides is 2. The van der Waals surface area contributed by atoms with Crippen LogP contribution in [0, 0.1) is 0 Å². The molecule has 2 amide bonds. The number of anilines is 2. The maximum Gasteiger partial charge on any atom is 0.407 e. The van der Waals surface area contributed by atoms with Crippen LogP contribution in [0.1, 0.15) is 79.0 Å². The van der Waals surface area contributed by atoms with Crippen molar-refractivity contribution in [1.29, 1.82) is 0 Å². The molecule has 2 aromatic heterocycles. The highest BCUT2D eigenvalue weighted by Crippen LogP contribution is 2.39. The lowest BCUT2D eigenvalue weighted by Gasteiger charge is -2.31. The molecule has 0 bridgehead atoms. The van der Waals surface area contributed by atoms with Gasteiger partial charge < -0.3 is 20.6 Å². The summed E-state index contributed by atoms with van der Waals surface area (Å²) in [5.41, 5.74) is 1.17. The Bertz CT molecular complexity index is 1020. The van der Waals surface area contributed by atoms with E-state index >= 15 is 0 Å². The van der Waals surface area contributed by atoms with Crippen molar-refractivity contribution < 1.29 is 16.1 Å². The predicted molar refractivity (Wildman–Crippen MR) is 130 cm³/mol. The van der Waals surface area contributed by atoms with Gasteiger partial charge in [0.05, 0.1) is 35.7 Å². The summed E-state index contributed by atoms with van der Waals surface area (Å²) in [7, 11) is -0.168. The van der Waals surface area contributed by atoms with E-state index in [0.29, 0.717) is 11.5 Å². The van der Waals surface area contributed by atoms with Gasteiger partial charge in [0.25, 0.3) is 0 Å². The molecule has 1 fully saturated rings. The maximum atomic E-state index is 11.9. The highest BCUT2D eigenvalue weighted by atomic mass is 16.4. The van der Waals surface area contributed by atoms with Gasteiger partial charge in [-0.3, -0.25) is 9.78 Å². The van der Waals surface area contributed by atoms with Gasteiger partial charge in [-0.1, -0.05) is 6.92 Å². The number of likely N-dealkylation sites (N-methyl/N-ethyl adjacent to an activating group) is 1. The van der Waals surface area contributed by atoms with Crippen molar-refractivity contribution in [3.05, 3.63) is 29.8 Å². The van der Waals surface area contributed by atoms with Crippen molar-refractivity contribution in [2.45, 2.75) is 90.3 Å². The number of hydrogen-bond acceptors (Lipinski definition) is 6. The molecule has 34 heavy (non-hydrogen) atoms. The van der Waals surface area contributed by atoms with Gasteiger partial charge >= 0.3 is 6.09 Å². The average Bonchev–Trinajstić information content (AvgIpc) is 3.42. The summed E-state index contributed by atoms with van der Waals surface area (Å²) in [5, 5.41) is 20.4. The van der Waals surface area contributed by atoms with Gasteiger partial charge in [0.15, 0.2) is 0 Å². The lowest BCUT2D eigenvalue weighted by atomic mass is 10.0. The summed E-state index contributed by atoms with van der Waals surface area (Å²) in [4.78, 5) is 33.9. The molecule has 0 aliphatic heterocycles. The highest BCUT2D eigenvalue weighted by molar-refractivity contribution is 5.77. The molecule has 0 aromatic carbocycles. The van der Waals surface area contributed by atoms with Gasteiger partial charge in [0, 0.05) is 32.5 Å². The summed E-state index contributed by atoms with van der Waals surface area (Å²) in [5.74, 6) is 1.22. The number of nitrogens with one attached hydrogen (secondary N) is 2. The first-order valence-electron chi connectivity index (χ1n) is 12.5.